The van der Waals surface area contributed by atoms with E-state index in [1.807, 2.05) is 0 Å². The molecule has 1 aromatic rings. The molecule has 100 valence electrons. The second-order valence-electron chi connectivity index (χ2n) is 4.24. The second kappa shape index (κ2) is 7.37. The molecule has 0 aliphatic rings. The van der Waals surface area contributed by atoms with Crippen LogP contribution in [0, 0.1) is 5.82 Å². The van der Waals surface area contributed by atoms with E-state index in [4.69, 9.17) is 16.3 Å². The first-order chi connectivity index (χ1) is 8.62. The van der Waals surface area contributed by atoms with Crippen LogP contribution in [0.2, 0.25) is 5.02 Å². The molecule has 0 unspecified atom stereocenters. The lowest BCUT2D eigenvalue weighted by atomic mass is 10.1. The zero-order chi connectivity index (χ0) is 13.5. The fraction of sp³-hybridized carbons (Fsp3) is 0.500. The van der Waals surface area contributed by atoms with Gasteiger partial charge in [0.25, 0.3) is 0 Å². The number of hydrogen-bond donors (Lipinski definition) is 0. The maximum atomic E-state index is 13.4. The second-order valence-corrected chi connectivity index (χ2v) is 4.65. The minimum absolute atomic E-state index is 0.0132. The molecule has 0 radical (unpaired) electrons. The number of hydrogen-bond acceptors (Lipinski definition) is 2. The smallest absolute Gasteiger partial charge is 0.153 e. The van der Waals surface area contributed by atoms with Gasteiger partial charge >= 0.3 is 0 Å². The SMILES string of the molecule is CCCC(CCC)Oc1cc(F)c(Cl)cc1C=O. The number of halogens is 2. The molecule has 0 spiro atoms. The van der Waals surface area contributed by atoms with Gasteiger partial charge < -0.3 is 4.74 Å². The molecular formula is C14H18ClFO2. The summed E-state index contributed by atoms with van der Waals surface area (Å²) in [5.41, 5.74) is 0.290. The molecule has 1 rings (SSSR count). The van der Waals surface area contributed by atoms with E-state index in [1.165, 1.54) is 12.1 Å². The van der Waals surface area contributed by atoms with Crippen LogP contribution in [0.1, 0.15) is 49.9 Å². The first-order valence-corrected chi connectivity index (χ1v) is 6.61. The molecular weight excluding hydrogens is 255 g/mol. The van der Waals surface area contributed by atoms with Gasteiger partial charge in [0.2, 0.25) is 0 Å². The van der Waals surface area contributed by atoms with Crippen LogP contribution in [0.3, 0.4) is 0 Å². The molecule has 0 bridgehead atoms. The molecule has 0 saturated heterocycles. The Morgan fingerprint density at radius 1 is 1.33 bits per heavy atom. The minimum atomic E-state index is -0.566. The van der Waals surface area contributed by atoms with E-state index in [1.54, 1.807) is 0 Å². The minimum Gasteiger partial charge on any atom is -0.490 e. The maximum Gasteiger partial charge on any atom is 0.153 e. The van der Waals surface area contributed by atoms with Crippen molar-refractivity contribution in [3.63, 3.8) is 0 Å². The highest BCUT2D eigenvalue weighted by Gasteiger charge is 2.14. The zero-order valence-electron chi connectivity index (χ0n) is 10.7. The number of carbonyl (C=O) groups is 1. The molecule has 0 aliphatic carbocycles. The standard InChI is InChI=1S/C14H18ClFO2/c1-3-5-11(6-4-2)18-14-8-13(16)12(15)7-10(14)9-17/h7-9,11H,3-6H2,1-2H3. The molecule has 0 fully saturated rings. The Bertz CT molecular complexity index is 401. The fourth-order valence-electron chi connectivity index (χ4n) is 1.82. The molecule has 18 heavy (non-hydrogen) atoms. The number of carbonyl (C=O) groups excluding carboxylic acids is 1. The number of benzene rings is 1. The van der Waals surface area contributed by atoms with E-state index in [9.17, 15) is 9.18 Å². The lowest BCUT2D eigenvalue weighted by Gasteiger charge is -2.19. The van der Waals surface area contributed by atoms with Gasteiger partial charge in [0.05, 0.1) is 16.7 Å². The van der Waals surface area contributed by atoms with Crippen molar-refractivity contribution in [2.45, 2.75) is 45.6 Å². The Labute approximate surface area is 112 Å². The average molecular weight is 273 g/mol. The first kappa shape index (κ1) is 15.0. The van der Waals surface area contributed by atoms with Gasteiger partial charge in [0.15, 0.2) is 6.29 Å². The monoisotopic (exact) mass is 272 g/mol. The van der Waals surface area contributed by atoms with E-state index in [0.29, 0.717) is 11.8 Å². The summed E-state index contributed by atoms with van der Waals surface area (Å²) >= 11 is 5.63. The van der Waals surface area contributed by atoms with Crippen molar-refractivity contribution in [1.29, 1.82) is 0 Å². The highest BCUT2D eigenvalue weighted by molar-refractivity contribution is 6.31. The van der Waals surface area contributed by atoms with Crippen molar-refractivity contribution in [2.75, 3.05) is 0 Å². The molecule has 0 saturated carbocycles. The Morgan fingerprint density at radius 2 is 1.94 bits per heavy atom. The average Bonchev–Trinajstić information content (AvgIpc) is 2.34. The zero-order valence-corrected chi connectivity index (χ0v) is 11.5. The van der Waals surface area contributed by atoms with Gasteiger partial charge in [-0.1, -0.05) is 38.3 Å². The molecule has 0 aliphatic heterocycles. The van der Waals surface area contributed by atoms with Gasteiger partial charge in [-0.05, 0) is 18.9 Å². The van der Waals surface area contributed by atoms with Gasteiger partial charge in [0, 0.05) is 6.07 Å². The van der Waals surface area contributed by atoms with E-state index < -0.39 is 5.82 Å². The highest BCUT2D eigenvalue weighted by atomic mass is 35.5. The van der Waals surface area contributed by atoms with Crippen LogP contribution >= 0.6 is 11.6 Å². The summed E-state index contributed by atoms with van der Waals surface area (Å²) in [5.74, 6) is -0.289. The summed E-state index contributed by atoms with van der Waals surface area (Å²) in [6, 6.07) is 2.48. The lowest BCUT2D eigenvalue weighted by Crippen LogP contribution is -2.17. The van der Waals surface area contributed by atoms with Crippen molar-refractivity contribution in [1.82, 2.24) is 0 Å². The van der Waals surface area contributed by atoms with Crippen LogP contribution in [-0.2, 0) is 0 Å². The summed E-state index contributed by atoms with van der Waals surface area (Å²) in [6.07, 6.45) is 4.38. The van der Waals surface area contributed by atoms with Crippen molar-refractivity contribution < 1.29 is 13.9 Å². The predicted molar refractivity (Wildman–Crippen MR) is 71.0 cm³/mol. The third kappa shape index (κ3) is 3.98. The number of aldehydes is 1. The van der Waals surface area contributed by atoms with E-state index >= 15 is 0 Å². The molecule has 2 nitrogen and oxygen atoms in total. The Morgan fingerprint density at radius 3 is 2.44 bits per heavy atom. The Balaban J connectivity index is 2.93. The van der Waals surface area contributed by atoms with Crippen LogP contribution in [0.5, 0.6) is 5.75 Å². The third-order valence-corrected chi connectivity index (χ3v) is 2.98. The van der Waals surface area contributed by atoms with Crippen LogP contribution < -0.4 is 4.74 Å². The Hall–Kier alpha value is -1.09. The summed E-state index contributed by atoms with van der Waals surface area (Å²) in [7, 11) is 0. The molecule has 1 aromatic carbocycles. The molecule has 0 heterocycles. The molecule has 0 atom stereocenters. The summed E-state index contributed by atoms with van der Waals surface area (Å²) in [6.45, 7) is 4.13. The number of ether oxygens (including phenoxy) is 1. The van der Waals surface area contributed by atoms with Crippen molar-refractivity contribution in [3.05, 3.63) is 28.5 Å². The summed E-state index contributed by atoms with van der Waals surface area (Å²) in [5, 5.41) is -0.0630. The fourth-order valence-corrected chi connectivity index (χ4v) is 2.00. The van der Waals surface area contributed by atoms with Crippen molar-refractivity contribution in [3.8, 4) is 5.75 Å². The molecule has 0 N–H and O–H groups in total. The normalized spacial score (nSPS) is 10.7. The topological polar surface area (TPSA) is 26.3 Å². The first-order valence-electron chi connectivity index (χ1n) is 6.23. The third-order valence-electron chi connectivity index (χ3n) is 2.69. The Kier molecular flexibility index (Phi) is 6.13. The summed E-state index contributed by atoms with van der Waals surface area (Å²) in [4.78, 5) is 10.9. The van der Waals surface area contributed by atoms with Gasteiger partial charge in [-0.2, -0.15) is 0 Å². The van der Waals surface area contributed by atoms with E-state index in [0.717, 1.165) is 25.7 Å². The summed E-state index contributed by atoms with van der Waals surface area (Å²) < 4.78 is 19.1. The van der Waals surface area contributed by atoms with Gasteiger partial charge in [-0.3, -0.25) is 4.79 Å². The quantitative estimate of drug-likeness (QED) is 0.676. The van der Waals surface area contributed by atoms with Gasteiger partial charge in [0.1, 0.15) is 11.6 Å². The van der Waals surface area contributed by atoms with Crippen LogP contribution in [-0.4, -0.2) is 12.4 Å². The van der Waals surface area contributed by atoms with Crippen LogP contribution in [0.25, 0.3) is 0 Å². The molecule has 0 aromatic heterocycles. The van der Waals surface area contributed by atoms with Gasteiger partial charge in [-0.25, -0.2) is 4.39 Å². The van der Waals surface area contributed by atoms with Gasteiger partial charge in [-0.15, -0.1) is 0 Å². The lowest BCUT2D eigenvalue weighted by molar-refractivity contribution is 0.111. The van der Waals surface area contributed by atoms with Crippen LogP contribution in [0.4, 0.5) is 4.39 Å². The van der Waals surface area contributed by atoms with Crippen molar-refractivity contribution >= 4 is 17.9 Å². The van der Waals surface area contributed by atoms with E-state index in [-0.39, 0.29) is 16.9 Å². The molecule has 4 heteroatoms. The molecule has 0 amide bonds. The maximum absolute atomic E-state index is 13.4. The van der Waals surface area contributed by atoms with Crippen molar-refractivity contribution in [2.24, 2.45) is 0 Å². The largest absolute Gasteiger partial charge is 0.490 e. The van der Waals surface area contributed by atoms with Crippen LogP contribution in [0.15, 0.2) is 12.1 Å². The van der Waals surface area contributed by atoms with E-state index in [2.05, 4.69) is 13.8 Å². The number of rotatable bonds is 7. The predicted octanol–water partition coefficient (Wildman–Crippen LogP) is 4.64. The highest BCUT2D eigenvalue weighted by Crippen LogP contribution is 2.27.